The number of methoxy groups -OCH3 is 3. The van der Waals surface area contributed by atoms with Crippen LogP contribution >= 0.6 is 0 Å². The van der Waals surface area contributed by atoms with Crippen LogP contribution in [0.4, 0.5) is 19.0 Å². The number of ether oxygens (including phenoxy) is 4. The monoisotopic (exact) mass is 783 g/mol. The molecule has 3 aliphatic heterocycles. The van der Waals surface area contributed by atoms with Crippen LogP contribution < -0.4 is 23.8 Å². The number of halogens is 3. The minimum Gasteiger partial charge on any atom is -0.497 e. The molecule has 5 heterocycles. The van der Waals surface area contributed by atoms with Gasteiger partial charge in [-0.2, -0.15) is 15.1 Å². The molecule has 2 fully saturated rings. The quantitative estimate of drug-likeness (QED) is 0.130. The van der Waals surface area contributed by atoms with Crippen LogP contribution in [-0.2, 0) is 26.2 Å². The van der Waals surface area contributed by atoms with Gasteiger partial charge in [-0.3, -0.25) is 14.4 Å². The highest BCUT2D eigenvalue weighted by Gasteiger charge is 2.51. The third-order valence-corrected chi connectivity index (χ3v) is 11.0. The SMILES string of the molecule is C=C1CN2C[C@@H](F)C[C@@]2(COc2nc(N3CCCn4nc(C(=O)N(Cc5ccc(OC)cc5)Cc5ccc(OC)cc5)cc4C3)c3c(OC)c(F)cc(F)c3n2)C1. The molecule has 0 spiro atoms. The fraction of sp³-hybridized carbons (Fsp3) is 0.381. The van der Waals surface area contributed by atoms with Crippen molar-refractivity contribution in [3.8, 4) is 23.3 Å². The Morgan fingerprint density at radius 3 is 2.25 bits per heavy atom. The molecule has 3 aliphatic rings. The van der Waals surface area contributed by atoms with Crippen LogP contribution in [0.15, 0.2) is 72.8 Å². The van der Waals surface area contributed by atoms with Crippen LogP contribution in [0.5, 0.6) is 23.3 Å². The second kappa shape index (κ2) is 15.6. The average molecular weight is 784 g/mol. The fourth-order valence-corrected chi connectivity index (χ4v) is 8.33. The van der Waals surface area contributed by atoms with Crippen molar-refractivity contribution in [2.45, 2.75) is 57.2 Å². The molecular weight excluding hydrogens is 740 g/mol. The molecule has 3 aromatic carbocycles. The van der Waals surface area contributed by atoms with E-state index >= 15 is 8.78 Å². The molecule has 2 aromatic heterocycles. The number of aromatic nitrogens is 4. The zero-order chi connectivity index (χ0) is 39.8. The number of carbonyl (C=O) groups excluding carboxylic acids is 1. The number of benzene rings is 3. The van der Waals surface area contributed by atoms with E-state index in [1.807, 2.05) is 58.3 Å². The van der Waals surface area contributed by atoms with Gasteiger partial charge in [-0.25, -0.2) is 13.2 Å². The van der Waals surface area contributed by atoms with Gasteiger partial charge in [0.05, 0.1) is 44.5 Å². The lowest BCUT2D eigenvalue weighted by atomic mass is 9.93. The van der Waals surface area contributed by atoms with Gasteiger partial charge < -0.3 is 28.7 Å². The Balaban J connectivity index is 1.11. The third kappa shape index (κ3) is 7.55. The van der Waals surface area contributed by atoms with Crippen molar-refractivity contribution in [3.05, 3.63) is 107 Å². The van der Waals surface area contributed by atoms with E-state index in [-0.39, 0.29) is 66.2 Å². The van der Waals surface area contributed by atoms with Crippen molar-refractivity contribution in [2.75, 3.05) is 52.5 Å². The average Bonchev–Trinajstić information content (AvgIpc) is 3.79. The fourth-order valence-electron chi connectivity index (χ4n) is 8.33. The van der Waals surface area contributed by atoms with Crippen LogP contribution in [0.3, 0.4) is 0 Å². The van der Waals surface area contributed by atoms with Crippen molar-refractivity contribution in [1.82, 2.24) is 29.5 Å². The smallest absolute Gasteiger partial charge is 0.319 e. The molecule has 0 N–H and O–H groups in total. The molecule has 2 saturated heterocycles. The summed E-state index contributed by atoms with van der Waals surface area (Å²) >= 11 is 0. The summed E-state index contributed by atoms with van der Waals surface area (Å²) in [5.41, 5.74) is 2.98. The third-order valence-electron chi connectivity index (χ3n) is 11.0. The van der Waals surface area contributed by atoms with Gasteiger partial charge >= 0.3 is 6.01 Å². The van der Waals surface area contributed by atoms with Crippen LogP contribution in [0.1, 0.15) is 46.6 Å². The number of alkyl halides is 1. The maximum Gasteiger partial charge on any atom is 0.319 e. The van der Waals surface area contributed by atoms with Gasteiger partial charge in [0.2, 0.25) is 0 Å². The van der Waals surface area contributed by atoms with E-state index in [0.29, 0.717) is 62.8 Å². The minimum atomic E-state index is -1.00. The first kappa shape index (κ1) is 38.1. The summed E-state index contributed by atoms with van der Waals surface area (Å²) in [5.74, 6) is -0.660. The Bertz CT molecular complexity index is 2260. The van der Waals surface area contributed by atoms with Crippen LogP contribution in [-0.4, -0.2) is 94.7 Å². The molecule has 2 atom stereocenters. The van der Waals surface area contributed by atoms with Gasteiger partial charge in [-0.05, 0) is 54.3 Å². The van der Waals surface area contributed by atoms with E-state index in [1.54, 1.807) is 29.9 Å². The summed E-state index contributed by atoms with van der Waals surface area (Å²) in [5, 5.41) is 4.82. The van der Waals surface area contributed by atoms with Crippen molar-refractivity contribution >= 4 is 22.6 Å². The predicted molar refractivity (Wildman–Crippen MR) is 207 cm³/mol. The number of carbonyl (C=O) groups is 1. The maximum absolute atomic E-state index is 15.6. The van der Waals surface area contributed by atoms with Crippen molar-refractivity contribution in [2.24, 2.45) is 0 Å². The summed E-state index contributed by atoms with van der Waals surface area (Å²) in [6.45, 7) is 6.79. The summed E-state index contributed by atoms with van der Waals surface area (Å²) in [7, 11) is 4.51. The maximum atomic E-state index is 15.6. The number of rotatable bonds is 12. The van der Waals surface area contributed by atoms with E-state index in [1.165, 1.54) is 7.11 Å². The zero-order valence-corrected chi connectivity index (χ0v) is 32.1. The molecule has 0 radical (unpaired) electrons. The predicted octanol–water partition coefficient (Wildman–Crippen LogP) is 6.50. The number of amides is 1. The molecule has 0 unspecified atom stereocenters. The summed E-state index contributed by atoms with van der Waals surface area (Å²) in [4.78, 5) is 29.1. The molecule has 0 saturated carbocycles. The van der Waals surface area contributed by atoms with E-state index in [0.717, 1.165) is 22.8 Å². The van der Waals surface area contributed by atoms with Crippen LogP contribution in [0.2, 0.25) is 0 Å². The van der Waals surface area contributed by atoms with Crippen LogP contribution in [0, 0.1) is 11.6 Å². The number of hydrogen-bond acceptors (Lipinski definition) is 10. The van der Waals surface area contributed by atoms with Crippen molar-refractivity contribution in [3.63, 3.8) is 0 Å². The Morgan fingerprint density at radius 1 is 0.912 bits per heavy atom. The Hall–Kier alpha value is -5.83. The molecule has 57 heavy (non-hydrogen) atoms. The van der Waals surface area contributed by atoms with Gasteiger partial charge in [-0.15, -0.1) is 0 Å². The first-order chi connectivity index (χ1) is 27.6. The largest absolute Gasteiger partial charge is 0.497 e. The minimum absolute atomic E-state index is 0.0514. The normalized spacial score (nSPS) is 19.3. The molecule has 8 rings (SSSR count). The first-order valence-corrected chi connectivity index (χ1v) is 18.9. The highest BCUT2D eigenvalue weighted by Crippen LogP contribution is 2.43. The van der Waals surface area contributed by atoms with E-state index in [4.69, 9.17) is 29.0 Å². The highest BCUT2D eigenvalue weighted by molar-refractivity contribution is 5.96. The molecule has 1 amide bonds. The number of nitrogens with zero attached hydrogens (tertiary/aromatic N) is 7. The standard InChI is InChI=1S/C42H44F3N7O5/c1-26-18-42(19-29(43)23-51(42)20-26)25-57-41-46-37-33(44)17-34(45)38(56-4)36(37)39(47-41)49-14-5-15-52-30(24-49)16-35(48-52)40(53)50(21-27-6-10-31(54-2)11-7-27)22-28-8-12-32(55-3)13-9-28/h6-13,16-17,29H,1,5,14-15,18-25H2,2-4H3/t29-,42+/m0/s1. The lowest BCUT2D eigenvalue weighted by Gasteiger charge is -2.30. The number of aryl methyl sites for hydroxylation is 1. The van der Waals surface area contributed by atoms with E-state index in [9.17, 15) is 9.18 Å². The van der Waals surface area contributed by atoms with Crippen molar-refractivity contribution in [1.29, 1.82) is 0 Å². The van der Waals surface area contributed by atoms with Gasteiger partial charge in [0.25, 0.3) is 5.91 Å². The van der Waals surface area contributed by atoms with Gasteiger partial charge in [0.1, 0.15) is 35.6 Å². The van der Waals surface area contributed by atoms with Crippen LogP contribution in [0.25, 0.3) is 10.9 Å². The summed E-state index contributed by atoms with van der Waals surface area (Å²) < 4.78 is 69.7. The van der Waals surface area contributed by atoms with E-state index in [2.05, 4.69) is 11.6 Å². The Kier molecular flexibility index (Phi) is 10.4. The second-order valence-corrected chi connectivity index (χ2v) is 14.9. The molecule has 0 bridgehead atoms. The van der Waals surface area contributed by atoms with Gasteiger partial charge in [0, 0.05) is 51.8 Å². The lowest BCUT2D eigenvalue weighted by molar-refractivity contribution is 0.0723. The second-order valence-electron chi connectivity index (χ2n) is 14.9. The molecule has 12 nitrogen and oxygen atoms in total. The Morgan fingerprint density at radius 2 is 1.60 bits per heavy atom. The van der Waals surface area contributed by atoms with Crippen molar-refractivity contribution < 1.29 is 36.9 Å². The summed E-state index contributed by atoms with van der Waals surface area (Å²) in [6, 6.07) is 17.5. The molecule has 0 aliphatic carbocycles. The Labute approximate surface area is 328 Å². The van der Waals surface area contributed by atoms with Gasteiger partial charge in [-0.1, -0.05) is 36.4 Å². The molecule has 5 aromatic rings. The highest BCUT2D eigenvalue weighted by atomic mass is 19.1. The first-order valence-electron chi connectivity index (χ1n) is 18.9. The zero-order valence-electron chi connectivity index (χ0n) is 32.1. The molecule has 298 valence electrons. The topological polar surface area (TPSA) is 107 Å². The number of anilines is 1. The lowest BCUT2D eigenvalue weighted by Crippen LogP contribution is -2.43. The molecule has 15 heteroatoms. The van der Waals surface area contributed by atoms with Gasteiger partial charge in [0.15, 0.2) is 23.1 Å². The number of fused-ring (bicyclic) bond motifs is 3. The van der Waals surface area contributed by atoms with E-state index < -0.39 is 23.3 Å². The molecular formula is C42H44F3N7O5. The number of hydrogen-bond donors (Lipinski definition) is 0. The summed E-state index contributed by atoms with van der Waals surface area (Å²) in [6.07, 6.45) is 0.407.